The number of carbonyl (C=O) groups excluding carboxylic acids is 1. The van der Waals surface area contributed by atoms with E-state index in [2.05, 4.69) is 0 Å². The van der Waals surface area contributed by atoms with Gasteiger partial charge >= 0.3 is 5.97 Å². The first-order chi connectivity index (χ1) is 17.6. The van der Waals surface area contributed by atoms with Gasteiger partial charge in [0.05, 0.1) is 5.56 Å². The summed E-state index contributed by atoms with van der Waals surface area (Å²) in [5, 5.41) is 45.7. The van der Waals surface area contributed by atoms with E-state index in [-0.39, 0.29) is 5.56 Å². The number of aliphatic hydroxyl groups is 4. The third-order valence-electron chi connectivity index (χ3n) is 7.03. The number of hydrogen-bond donors (Lipinski definition) is 4. The van der Waals surface area contributed by atoms with Crippen molar-refractivity contribution in [1.29, 1.82) is 0 Å². The Hall–Kier alpha value is -2.85. The highest BCUT2D eigenvalue weighted by atomic mass is 28.4. The first-order valence-electron chi connectivity index (χ1n) is 12.3. The zero-order chi connectivity index (χ0) is 26.8. The zero-order valence-corrected chi connectivity index (χ0v) is 22.1. The highest BCUT2D eigenvalue weighted by Crippen LogP contribution is 2.40. The minimum absolute atomic E-state index is 0.219. The molecule has 0 spiro atoms. The molecular weight excluding hydrogens is 488 g/mol. The van der Waals surface area contributed by atoms with Crippen molar-refractivity contribution in [3.63, 3.8) is 0 Å². The summed E-state index contributed by atoms with van der Waals surface area (Å²) >= 11 is 0. The highest BCUT2D eigenvalue weighted by molar-refractivity contribution is 6.99. The number of esters is 1. The molecule has 3 aromatic carbocycles. The molecule has 0 amide bonds. The Morgan fingerprint density at radius 3 is 1.43 bits per heavy atom. The molecule has 0 bridgehead atoms. The van der Waals surface area contributed by atoms with Gasteiger partial charge in [-0.2, -0.15) is 0 Å². The van der Waals surface area contributed by atoms with Crippen LogP contribution in [0.1, 0.15) is 31.1 Å². The summed E-state index contributed by atoms with van der Waals surface area (Å²) in [5.74, 6) is -0.783. The summed E-state index contributed by atoms with van der Waals surface area (Å²) in [4.78, 5) is 12.6. The molecule has 2 unspecified atom stereocenters. The lowest BCUT2D eigenvalue weighted by molar-refractivity contribution is -0.219. The number of benzene rings is 3. The number of ether oxygens (including phenoxy) is 1. The van der Waals surface area contributed by atoms with Crippen molar-refractivity contribution in [1.82, 2.24) is 0 Å². The molecule has 8 heteroatoms. The van der Waals surface area contributed by atoms with Gasteiger partial charge in [-0.3, -0.25) is 0 Å². The predicted molar refractivity (Wildman–Crippen MR) is 142 cm³/mol. The van der Waals surface area contributed by atoms with Gasteiger partial charge in [-0.15, -0.1) is 0 Å². The lowest BCUT2D eigenvalue weighted by Gasteiger charge is -2.50. The lowest BCUT2D eigenvalue weighted by Crippen LogP contribution is -2.73. The maximum atomic E-state index is 12.6. The van der Waals surface area contributed by atoms with Crippen molar-refractivity contribution in [3.05, 3.63) is 96.6 Å². The summed E-state index contributed by atoms with van der Waals surface area (Å²) in [6.07, 6.45) is -9.52. The van der Waals surface area contributed by atoms with Crippen LogP contribution in [0.15, 0.2) is 91.0 Å². The van der Waals surface area contributed by atoms with Crippen LogP contribution in [-0.2, 0) is 9.16 Å². The van der Waals surface area contributed by atoms with Gasteiger partial charge in [-0.25, -0.2) is 4.79 Å². The van der Waals surface area contributed by atoms with Crippen molar-refractivity contribution in [2.75, 3.05) is 0 Å². The summed E-state index contributed by atoms with van der Waals surface area (Å²) < 4.78 is 12.2. The van der Waals surface area contributed by atoms with Gasteiger partial charge in [0.1, 0.15) is 30.5 Å². The molecule has 1 aliphatic carbocycles. The molecule has 0 heterocycles. The van der Waals surface area contributed by atoms with E-state index in [9.17, 15) is 25.2 Å². The van der Waals surface area contributed by atoms with E-state index in [1.807, 2.05) is 81.4 Å². The van der Waals surface area contributed by atoms with Crippen LogP contribution in [0.3, 0.4) is 0 Å². The second-order valence-electron chi connectivity index (χ2n) is 10.4. The van der Waals surface area contributed by atoms with Crippen LogP contribution >= 0.6 is 0 Å². The topological polar surface area (TPSA) is 116 Å². The molecular formula is C29H34O7Si. The van der Waals surface area contributed by atoms with Gasteiger partial charge in [0.2, 0.25) is 0 Å². The number of carbonyl (C=O) groups is 1. The van der Waals surface area contributed by atoms with E-state index >= 15 is 0 Å². The molecule has 3 aromatic rings. The Balaban J connectivity index is 1.71. The summed E-state index contributed by atoms with van der Waals surface area (Å²) in [5.41, 5.74) is 0.219. The van der Waals surface area contributed by atoms with Gasteiger partial charge in [-0.05, 0) is 27.5 Å². The smallest absolute Gasteiger partial charge is 0.338 e. The Labute approximate surface area is 218 Å². The molecule has 37 heavy (non-hydrogen) atoms. The van der Waals surface area contributed by atoms with Crippen molar-refractivity contribution < 1.29 is 34.4 Å². The van der Waals surface area contributed by atoms with Gasteiger partial charge in [0, 0.05) is 0 Å². The molecule has 1 saturated carbocycles. The molecule has 0 aliphatic heterocycles. The average molecular weight is 523 g/mol. The minimum atomic E-state index is -3.24. The Kier molecular flexibility index (Phi) is 7.98. The second-order valence-corrected chi connectivity index (χ2v) is 14.7. The summed E-state index contributed by atoms with van der Waals surface area (Å²) in [6.45, 7) is 6.12. The minimum Gasteiger partial charge on any atom is -0.453 e. The van der Waals surface area contributed by atoms with Crippen molar-refractivity contribution in [2.24, 2.45) is 0 Å². The van der Waals surface area contributed by atoms with E-state index in [1.165, 1.54) is 12.1 Å². The third-order valence-corrected chi connectivity index (χ3v) is 12.1. The maximum absolute atomic E-state index is 12.6. The molecule has 1 aliphatic rings. The van der Waals surface area contributed by atoms with Crippen LogP contribution in [0.25, 0.3) is 0 Å². The molecule has 1 fully saturated rings. The SMILES string of the molecule is CC(C)(C)[Si](OC1[C@H](O)[C@H](O)C(OC(=O)c2ccccc2)[C@H](O)[C@H]1O)(c1ccccc1)c1ccccc1. The molecule has 0 saturated heterocycles. The van der Waals surface area contributed by atoms with Crippen LogP contribution in [0, 0.1) is 0 Å². The summed E-state index contributed by atoms with van der Waals surface area (Å²) in [6, 6.07) is 27.4. The van der Waals surface area contributed by atoms with Gasteiger partial charge < -0.3 is 29.6 Å². The van der Waals surface area contributed by atoms with E-state index in [0.717, 1.165) is 10.4 Å². The van der Waals surface area contributed by atoms with Crippen molar-refractivity contribution >= 4 is 24.7 Å². The van der Waals surface area contributed by atoms with Crippen LogP contribution in [0.2, 0.25) is 5.04 Å². The summed E-state index contributed by atoms with van der Waals surface area (Å²) in [7, 11) is -3.24. The molecule has 7 nitrogen and oxygen atoms in total. The average Bonchev–Trinajstić information content (AvgIpc) is 2.91. The second kappa shape index (κ2) is 10.9. The van der Waals surface area contributed by atoms with Gasteiger partial charge in [0.25, 0.3) is 8.32 Å². The predicted octanol–water partition coefficient (Wildman–Crippen LogP) is 1.61. The Morgan fingerprint density at radius 1 is 0.649 bits per heavy atom. The van der Waals surface area contributed by atoms with E-state index in [4.69, 9.17) is 9.16 Å². The Bertz CT molecular complexity index is 1110. The molecule has 0 radical (unpaired) electrons. The molecule has 0 aromatic heterocycles. The normalized spacial score (nSPS) is 26.5. The Morgan fingerprint density at radius 2 is 1.03 bits per heavy atom. The van der Waals surface area contributed by atoms with Crippen LogP contribution < -0.4 is 10.4 Å². The standard InChI is InChI=1S/C29H34O7Si/c1-29(2,3)37(20-15-9-5-10-16-20,21-17-11-6-12-18-21)36-27-24(32)22(30)26(23(31)25(27)33)35-28(34)19-13-7-4-8-14-19/h4-18,22-27,30-33H,1-3H3/t22-,23+,24-,25-,26?,27?/m1/s1. The maximum Gasteiger partial charge on any atom is 0.338 e. The molecule has 196 valence electrons. The van der Waals surface area contributed by atoms with Crippen LogP contribution in [0.5, 0.6) is 0 Å². The largest absolute Gasteiger partial charge is 0.453 e. The van der Waals surface area contributed by atoms with Crippen molar-refractivity contribution in [3.8, 4) is 0 Å². The van der Waals surface area contributed by atoms with Gasteiger partial charge in [0.15, 0.2) is 6.10 Å². The number of hydrogen-bond acceptors (Lipinski definition) is 7. The number of rotatable bonds is 6. The highest BCUT2D eigenvalue weighted by Gasteiger charge is 2.58. The van der Waals surface area contributed by atoms with E-state index in [1.54, 1.807) is 18.2 Å². The van der Waals surface area contributed by atoms with Crippen LogP contribution in [-0.4, -0.2) is 71.3 Å². The first kappa shape index (κ1) is 27.2. The first-order valence-corrected chi connectivity index (χ1v) is 14.3. The molecule has 6 atom stereocenters. The van der Waals surface area contributed by atoms with E-state index in [0.29, 0.717) is 0 Å². The fourth-order valence-electron chi connectivity index (χ4n) is 5.12. The fourth-order valence-corrected chi connectivity index (χ4v) is 9.82. The number of aliphatic hydroxyl groups excluding tert-OH is 4. The fraction of sp³-hybridized carbons (Fsp3) is 0.345. The lowest BCUT2D eigenvalue weighted by atomic mass is 9.85. The van der Waals surface area contributed by atoms with Crippen LogP contribution in [0.4, 0.5) is 0 Å². The zero-order valence-electron chi connectivity index (χ0n) is 21.1. The van der Waals surface area contributed by atoms with Gasteiger partial charge in [-0.1, -0.05) is 99.6 Å². The third kappa shape index (κ3) is 5.13. The molecule has 4 N–H and O–H groups in total. The quantitative estimate of drug-likeness (QED) is 0.287. The monoisotopic (exact) mass is 522 g/mol. The van der Waals surface area contributed by atoms with E-state index < -0.39 is 55.9 Å². The molecule has 4 rings (SSSR count). The van der Waals surface area contributed by atoms with Crippen molar-refractivity contribution in [2.45, 2.75) is 62.4 Å².